The molecule has 0 amide bonds. The highest BCUT2D eigenvalue weighted by atomic mass is 16.1. The SMILES string of the molecule is C=C1/C(=C/C=C2\CCC[C@]3(C)[C@@H]([C@H](C)C=O)CC[C@@H]23)C[C@@H](C)C[C@@H]1C. The summed E-state index contributed by atoms with van der Waals surface area (Å²) in [6, 6.07) is 0. The fourth-order valence-corrected chi connectivity index (χ4v) is 6.27. The molecule has 0 spiro atoms. The van der Waals surface area contributed by atoms with Crippen LogP contribution in [-0.4, -0.2) is 6.29 Å². The molecule has 1 nitrogen and oxygen atoms in total. The second-order valence-electron chi connectivity index (χ2n) is 9.50. The van der Waals surface area contributed by atoms with E-state index in [0.29, 0.717) is 23.2 Å². The van der Waals surface area contributed by atoms with Gasteiger partial charge in [-0.3, -0.25) is 0 Å². The number of rotatable bonds is 3. The number of allylic oxidation sites excluding steroid dienone is 5. The van der Waals surface area contributed by atoms with Crippen molar-refractivity contribution < 1.29 is 4.79 Å². The molecule has 0 N–H and O–H groups in total. The highest BCUT2D eigenvalue weighted by molar-refractivity contribution is 5.54. The summed E-state index contributed by atoms with van der Waals surface area (Å²) in [7, 11) is 0. The maximum atomic E-state index is 11.4. The van der Waals surface area contributed by atoms with E-state index in [1.54, 1.807) is 5.57 Å². The minimum atomic E-state index is 0.201. The van der Waals surface area contributed by atoms with Crippen molar-refractivity contribution in [1.29, 1.82) is 0 Å². The van der Waals surface area contributed by atoms with E-state index in [0.717, 1.165) is 5.92 Å². The van der Waals surface area contributed by atoms with Crippen LogP contribution in [0.5, 0.6) is 0 Å². The average molecular weight is 341 g/mol. The van der Waals surface area contributed by atoms with Crippen molar-refractivity contribution in [3.8, 4) is 0 Å². The van der Waals surface area contributed by atoms with Crippen molar-refractivity contribution in [2.75, 3.05) is 0 Å². The van der Waals surface area contributed by atoms with Crippen LogP contribution in [0.1, 0.15) is 72.6 Å². The molecule has 3 aliphatic rings. The topological polar surface area (TPSA) is 17.1 Å². The third-order valence-electron chi connectivity index (χ3n) is 7.72. The molecule has 3 saturated carbocycles. The van der Waals surface area contributed by atoms with Crippen LogP contribution in [0.4, 0.5) is 0 Å². The molecule has 0 radical (unpaired) electrons. The molecular weight excluding hydrogens is 304 g/mol. The van der Waals surface area contributed by atoms with Crippen molar-refractivity contribution in [2.24, 2.45) is 35.0 Å². The Bertz CT molecular complexity index is 595. The van der Waals surface area contributed by atoms with Gasteiger partial charge in [-0.05, 0) is 85.2 Å². The van der Waals surface area contributed by atoms with E-state index in [4.69, 9.17) is 0 Å². The number of hydrogen-bond donors (Lipinski definition) is 0. The first kappa shape index (κ1) is 18.7. The third kappa shape index (κ3) is 3.44. The minimum Gasteiger partial charge on any atom is -0.303 e. The predicted octanol–water partition coefficient (Wildman–Crippen LogP) is 6.51. The first-order valence-corrected chi connectivity index (χ1v) is 10.4. The number of carbonyl (C=O) groups excluding carboxylic acids is 1. The zero-order valence-electron chi connectivity index (χ0n) is 16.7. The summed E-state index contributed by atoms with van der Waals surface area (Å²) >= 11 is 0. The summed E-state index contributed by atoms with van der Waals surface area (Å²) < 4.78 is 0. The molecular formula is C24H36O. The summed E-state index contributed by atoms with van der Waals surface area (Å²) in [6.07, 6.45) is 14.8. The van der Waals surface area contributed by atoms with E-state index in [1.807, 2.05) is 0 Å². The van der Waals surface area contributed by atoms with Crippen molar-refractivity contribution in [2.45, 2.75) is 72.6 Å². The zero-order chi connectivity index (χ0) is 18.2. The zero-order valence-corrected chi connectivity index (χ0v) is 16.7. The third-order valence-corrected chi connectivity index (χ3v) is 7.72. The van der Waals surface area contributed by atoms with Crippen molar-refractivity contribution in [3.63, 3.8) is 0 Å². The Labute approximate surface area is 154 Å². The normalized spacial score (nSPS) is 43.3. The Kier molecular flexibility index (Phi) is 5.42. The first-order valence-electron chi connectivity index (χ1n) is 10.4. The van der Waals surface area contributed by atoms with Crippen LogP contribution in [-0.2, 0) is 4.79 Å². The van der Waals surface area contributed by atoms with Gasteiger partial charge in [0.2, 0.25) is 0 Å². The highest BCUT2D eigenvalue weighted by Crippen LogP contribution is 2.59. The Hall–Kier alpha value is -1.11. The van der Waals surface area contributed by atoms with Crippen LogP contribution in [0.25, 0.3) is 0 Å². The van der Waals surface area contributed by atoms with Crippen LogP contribution in [0.2, 0.25) is 0 Å². The molecule has 3 aliphatic carbocycles. The lowest BCUT2D eigenvalue weighted by Gasteiger charge is -2.43. The quantitative estimate of drug-likeness (QED) is 0.535. The molecule has 0 saturated heterocycles. The van der Waals surface area contributed by atoms with Crippen LogP contribution in [0, 0.1) is 35.0 Å². The van der Waals surface area contributed by atoms with Gasteiger partial charge in [0.25, 0.3) is 0 Å². The first-order chi connectivity index (χ1) is 11.9. The Morgan fingerprint density at radius 3 is 2.72 bits per heavy atom. The number of aldehydes is 1. The van der Waals surface area contributed by atoms with Crippen molar-refractivity contribution >= 4 is 6.29 Å². The molecule has 0 aromatic carbocycles. The largest absolute Gasteiger partial charge is 0.303 e. The summed E-state index contributed by atoms with van der Waals surface area (Å²) in [5, 5.41) is 0. The number of hydrogen-bond acceptors (Lipinski definition) is 1. The van der Waals surface area contributed by atoms with Crippen LogP contribution in [0.3, 0.4) is 0 Å². The molecule has 0 heterocycles. The second-order valence-corrected chi connectivity index (χ2v) is 9.50. The Morgan fingerprint density at radius 2 is 2.00 bits per heavy atom. The smallest absolute Gasteiger partial charge is 0.123 e. The van der Waals surface area contributed by atoms with Gasteiger partial charge in [-0.15, -0.1) is 0 Å². The van der Waals surface area contributed by atoms with Crippen LogP contribution >= 0.6 is 0 Å². The molecule has 0 aliphatic heterocycles. The molecule has 0 bridgehead atoms. The van der Waals surface area contributed by atoms with Gasteiger partial charge in [-0.25, -0.2) is 0 Å². The minimum absolute atomic E-state index is 0.201. The van der Waals surface area contributed by atoms with E-state index in [1.165, 1.54) is 62.4 Å². The molecule has 138 valence electrons. The van der Waals surface area contributed by atoms with Gasteiger partial charge in [-0.2, -0.15) is 0 Å². The molecule has 1 heteroatoms. The van der Waals surface area contributed by atoms with Gasteiger partial charge < -0.3 is 4.79 Å². The lowest BCUT2D eigenvalue weighted by atomic mass is 9.61. The van der Waals surface area contributed by atoms with E-state index in [2.05, 4.69) is 46.4 Å². The monoisotopic (exact) mass is 340 g/mol. The second kappa shape index (κ2) is 7.25. The van der Waals surface area contributed by atoms with E-state index in [9.17, 15) is 4.79 Å². The molecule has 0 aromatic rings. The number of carbonyl (C=O) groups is 1. The predicted molar refractivity (Wildman–Crippen MR) is 106 cm³/mol. The van der Waals surface area contributed by atoms with Crippen molar-refractivity contribution in [1.82, 2.24) is 0 Å². The summed E-state index contributed by atoms with van der Waals surface area (Å²) in [5.74, 6) is 2.83. The highest BCUT2D eigenvalue weighted by Gasteiger charge is 2.50. The van der Waals surface area contributed by atoms with Crippen molar-refractivity contribution in [3.05, 3.63) is 35.5 Å². The lowest BCUT2D eigenvalue weighted by Crippen LogP contribution is -2.36. The molecule has 0 unspecified atom stereocenters. The fraction of sp³-hybridized carbons (Fsp3) is 0.708. The maximum Gasteiger partial charge on any atom is 0.123 e. The van der Waals surface area contributed by atoms with E-state index >= 15 is 0 Å². The molecule has 25 heavy (non-hydrogen) atoms. The van der Waals surface area contributed by atoms with Crippen LogP contribution in [0.15, 0.2) is 35.5 Å². The van der Waals surface area contributed by atoms with Gasteiger partial charge in [0, 0.05) is 5.92 Å². The molecule has 3 rings (SSSR count). The van der Waals surface area contributed by atoms with Gasteiger partial charge in [0.1, 0.15) is 6.29 Å². The summed E-state index contributed by atoms with van der Waals surface area (Å²) in [4.78, 5) is 11.4. The molecule has 6 atom stereocenters. The van der Waals surface area contributed by atoms with Gasteiger partial charge in [0.05, 0.1) is 0 Å². The van der Waals surface area contributed by atoms with Gasteiger partial charge in [0.15, 0.2) is 0 Å². The summed E-state index contributed by atoms with van der Waals surface area (Å²) in [6.45, 7) is 13.6. The molecule has 3 fully saturated rings. The average Bonchev–Trinajstić information content (AvgIpc) is 2.93. The maximum absolute atomic E-state index is 11.4. The van der Waals surface area contributed by atoms with Gasteiger partial charge >= 0.3 is 0 Å². The fourth-order valence-electron chi connectivity index (χ4n) is 6.27. The Morgan fingerprint density at radius 1 is 1.24 bits per heavy atom. The van der Waals surface area contributed by atoms with Crippen LogP contribution < -0.4 is 0 Å². The lowest BCUT2D eigenvalue weighted by molar-refractivity contribution is -0.113. The standard InChI is InChI=1S/C24H36O/c1-16-13-17(2)19(4)21(14-16)9-8-20-7-6-12-24(5)22(18(3)15-25)10-11-23(20)24/h8-9,15-18,22-23H,4,6-7,10-14H2,1-3,5H3/b20-8+,21-9+/t16-,17-,18+,22+,23-,24+/m0/s1. The summed E-state index contributed by atoms with van der Waals surface area (Å²) in [5.41, 5.74) is 4.79. The van der Waals surface area contributed by atoms with Gasteiger partial charge in [-0.1, -0.05) is 52.0 Å². The Balaban J connectivity index is 1.83. The molecule has 0 aromatic heterocycles. The number of fused-ring (bicyclic) bond motifs is 1. The van der Waals surface area contributed by atoms with E-state index in [-0.39, 0.29) is 5.92 Å². The van der Waals surface area contributed by atoms with E-state index < -0.39 is 0 Å².